The number of hydrogen-bond donors (Lipinski definition) is 2. The van der Waals surface area contributed by atoms with Crippen LogP contribution in [0.1, 0.15) is 11.7 Å². The number of hydrogen-bond acceptors (Lipinski definition) is 2. The second-order valence-electron chi connectivity index (χ2n) is 4.04. The number of nitrogens with one attached hydrogen (secondary N) is 1. The summed E-state index contributed by atoms with van der Waals surface area (Å²) in [4.78, 5) is 0. The number of anilines is 1. The number of halogens is 3. The van der Waals surface area contributed by atoms with Crippen molar-refractivity contribution in [2.24, 2.45) is 0 Å². The van der Waals surface area contributed by atoms with Gasteiger partial charge in [0.15, 0.2) is 0 Å². The third kappa shape index (κ3) is 3.96. The van der Waals surface area contributed by atoms with Crippen molar-refractivity contribution < 1.29 is 5.11 Å². The molecular formula is C14H12Br2ClNO. The fourth-order valence-electron chi connectivity index (χ4n) is 1.69. The van der Waals surface area contributed by atoms with Gasteiger partial charge in [-0.3, -0.25) is 0 Å². The Morgan fingerprint density at radius 2 is 1.89 bits per heavy atom. The molecule has 0 radical (unpaired) electrons. The topological polar surface area (TPSA) is 32.3 Å². The maximum Gasteiger partial charge on any atom is 0.0976 e. The average Bonchev–Trinajstić information content (AvgIpc) is 2.40. The van der Waals surface area contributed by atoms with Gasteiger partial charge in [-0.15, -0.1) is 0 Å². The molecule has 2 nitrogen and oxygen atoms in total. The standard InChI is InChI=1S/C14H12Br2ClNO/c15-9-5-6-11(16)13(7-9)18-8-14(19)10-3-1-2-4-12(10)17/h1-7,14,18-19H,8H2. The van der Waals surface area contributed by atoms with Crippen molar-refractivity contribution in [3.63, 3.8) is 0 Å². The van der Waals surface area contributed by atoms with Gasteiger partial charge in [0.2, 0.25) is 0 Å². The molecule has 2 rings (SSSR count). The number of aliphatic hydroxyl groups is 1. The summed E-state index contributed by atoms with van der Waals surface area (Å²) in [6.07, 6.45) is -0.653. The van der Waals surface area contributed by atoms with E-state index in [0.717, 1.165) is 20.2 Å². The van der Waals surface area contributed by atoms with E-state index in [0.29, 0.717) is 11.6 Å². The lowest BCUT2D eigenvalue weighted by Gasteiger charge is -2.15. The van der Waals surface area contributed by atoms with E-state index in [9.17, 15) is 5.11 Å². The summed E-state index contributed by atoms with van der Waals surface area (Å²) in [5, 5.41) is 13.9. The molecule has 0 amide bonds. The fraction of sp³-hybridized carbons (Fsp3) is 0.143. The SMILES string of the molecule is OC(CNc1cc(Br)ccc1Br)c1ccccc1Cl. The van der Waals surface area contributed by atoms with Crippen LogP contribution in [0.2, 0.25) is 5.02 Å². The van der Waals surface area contributed by atoms with Crippen LogP contribution in [0.15, 0.2) is 51.4 Å². The number of rotatable bonds is 4. The van der Waals surface area contributed by atoms with E-state index in [1.165, 1.54) is 0 Å². The molecule has 0 aliphatic heterocycles. The number of benzene rings is 2. The molecule has 0 aliphatic rings. The van der Waals surface area contributed by atoms with Crippen molar-refractivity contribution in [3.05, 3.63) is 62.0 Å². The Kier molecular flexibility index (Phi) is 5.28. The van der Waals surface area contributed by atoms with Gasteiger partial charge in [-0.05, 0) is 40.2 Å². The predicted molar refractivity (Wildman–Crippen MR) is 86.7 cm³/mol. The van der Waals surface area contributed by atoms with Crippen LogP contribution in [0.5, 0.6) is 0 Å². The molecular weight excluding hydrogens is 393 g/mol. The van der Waals surface area contributed by atoms with Crippen LogP contribution in [0.3, 0.4) is 0 Å². The second kappa shape index (κ2) is 6.75. The highest BCUT2D eigenvalue weighted by atomic mass is 79.9. The van der Waals surface area contributed by atoms with Crippen molar-refractivity contribution in [1.29, 1.82) is 0 Å². The molecule has 2 aromatic rings. The largest absolute Gasteiger partial charge is 0.387 e. The summed E-state index contributed by atoms with van der Waals surface area (Å²) >= 11 is 12.9. The Hall–Kier alpha value is -0.550. The Labute approximate surface area is 134 Å². The zero-order valence-electron chi connectivity index (χ0n) is 9.91. The summed E-state index contributed by atoms with van der Waals surface area (Å²) in [7, 11) is 0. The van der Waals surface area contributed by atoms with Gasteiger partial charge < -0.3 is 10.4 Å². The highest BCUT2D eigenvalue weighted by Crippen LogP contribution is 2.28. The van der Waals surface area contributed by atoms with Crippen LogP contribution in [-0.4, -0.2) is 11.7 Å². The van der Waals surface area contributed by atoms with Crippen LogP contribution < -0.4 is 5.32 Å². The molecule has 0 spiro atoms. The molecule has 0 fully saturated rings. The second-order valence-corrected chi connectivity index (χ2v) is 6.22. The maximum absolute atomic E-state index is 10.1. The fourth-order valence-corrected chi connectivity index (χ4v) is 2.70. The van der Waals surface area contributed by atoms with Gasteiger partial charge in [-0.25, -0.2) is 0 Å². The van der Waals surface area contributed by atoms with E-state index >= 15 is 0 Å². The van der Waals surface area contributed by atoms with Gasteiger partial charge in [0.25, 0.3) is 0 Å². The van der Waals surface area contributed by atoms with Crippen LogP contribution in [0.4, 0.5) is 5.69 Å². The van der Waals surface area contributed by atoms with Gasteiger partial charge in [0.1, 0.15) is 0 Å². The molecule has 0 aliphatic carbocycles. The summed E-state index contributed by atoms with van der Waals surface area (Å²) in [5.41, 5.74) is 1.64. The summed E-state index contributed by atoms with van der Waals surface area (Å²) in [6, 6.07) is 13.1. The van der Waals surface area contributed by atoms with Crippen molar-refractivity contribution in [2.45, 2.75) is 6.10 Å². The minimum atomic E-state index is -0.653. The van der Waals surface area contributed by atoms with Crippen LogP contribution in [-0.2, 0) is 0 Å². The summed E-state index contributed by atoms with van der Waals surface area (Å²) in [6.45, 7) is 0.388. The first kappa shape index (κ1) is 14.9. The maximum atomic E-state index is 10.1. The van der Waals surface area contributed by atoms with Gasteiger partial charge >= 0.3 is 0 Å². The minimum absolute atomic E-state index is 0.388. The lowest BCUT2D eigenvalue weighted by molar-refractivity contribution is 0.191. The quantitative estimate of drug-likeness (QED) is 0.749. The van der Waals surface area contributed by atoms with Gasteiger partial charge in [-0.1, -0.05) is 45.7 Å². The molecule has 19 heavy (non-hydrogen) atoms. The van der Waals surface area contributed by atoms with Gasteiger partial charge in [-0.2, -0.15) is 0 Å². The molecule has 100 valence electrons. The molecule has 1 unspecified atom stereocenters. The van der Waals surface area contributed by atoms with Gasteiger partial charge in [0, 0.05) is 31.8 Å². The van der Waals surface area contributed by atoms with E-state index < -0.39 is 6.10 Å². The molecule has 1 atom stereocenters. The minimum Gasteiger partial charge on any atom is -0.387 e. The first-order chi connectivity index (χ1) is 9.08. The van der Waals surface area contributed by atoms with Crippen LogP contribution in [0, 0.1) is 0 Å². The zero-order valence-corrected chi connectivity index (χ0v) is 13.8. The summed E-state index contributed by atoms with van der Waals surface area (Å²) < 4.78 is 1.92. The smallest absolute Gasteiger partial charge is 0.0976 e. The third-order valence-corrected chi connectivity index (χ3v) is 4.21. The van der Waals surface area contributed by atoms with E-state index in [4.69, 9.17) is 11.6 Å². The van der Waals surface area contributed by atoms with E-state index in [-0.39, 0.29) is 0 Å². The molecule has 0 bridgehead atoms. The first-order valence-corrected chi connectivity index (χ1v) is 7.65. The molecule has 0 aromatic heterocycles. The molecule has 2 aromatic carbocycles. The van der Waals surface area contributed by atoms with Crippen LogP contribution >= 0.6 is 43.5 Å². The average molecular weight is 406 g/mol. The van der Waals surface area contributed by atoms with Crippen molar-refractivity contribution >= 4 is 49.1 Å². The zero-order chi connectivity index (χ0) is 13.8. The molecule has 5 heteroatoms. The van der Waals surface area contributed by atoms with E-state index in [2.05, 4.69) is 37.2 Å². The van der Waals surface area contributed by atoms with Crippen molar-refractivity contribution in [3.8, 4) is 0 Å². The Morgan fingerprint density at radius 1 is 1.16 bits per heavy atom. The normalized spacial score (nSPS) is 12.2. The summed E-state index contributed by atoms with van der Waals surface area (Å²) in [5.74, 6) is 0. The Balaban J connectivity index is 2.06. The lowest BCUT2D eigenvalue weighted by atomic mass is 10.1. The van der Waals surface area contributed by atoms with Crippen LogP contribution in [0.25, 0.3) is 0 Å². The molecule has 0 saturated heterocycles. The Morgan fingerprint density at radius 3 is 2.63 bits per heavy atom. The third-order valence-electron chi connectivity index (χ3n) is 2.68. The molecule has 0 heterocycles. The monoisotopic (exact) mass is 403 g/mol. The predicted octanol–water partition coefficient (Wildman–Crippen LogP) is 5.01. The highest BCUT2D eigenvalue weighted by molar-refractivity contribution is 9.11. The number of aliphatic hydroxyl groups excluding tert-OH is 1. The van der Waals surface area contributed by atoms with E-state index in [1.807, 2.05) is 36.4 Å². The highest BCUT2D eigenvalue weighted by Gasteiger charge is 2.11. The van der Waals surface area contributed by atoms with Crippen molar-refractivity contribution in [2.75, 3.05) is 11.9 Å². The molecule has 2 N–H and O–H groups in total. The lowest BCUT2D eigenvalue weighted by Crippen LogP contribution is -2.12. The molecule has 0 saturated carbocycles. The van der Waals surface area contributed by atoms with Crippen molar-refractivity contribution in [1.82, 2.24) is 0 Å². The Bertz CT molecular complexity index is 577. The first-order valence-electron chi connectivity index (χ1n) is 5.69. The van der Waals surface area contributed by atoms with E-state index in [1.54, 1.807) is 6.07 Å². The van der Waals surface area contributed by atoms with Gasteiger partial charge in [0.05, 0.1) is 6.10 Å².